The smallest absolute Gasteiger partial charge is 0.313 e. The predicted octanol–water partition coefficient (Wildman–Crippen LogP) is 3.23. The van der Waals surface area contributed by atoms with Crippen LogP contribution in [0.2, 0.25) is 0 Å². The lowest BCUT2D eigenvalue weighted by Crippen LogP contribution is -2.34. The van der Waals surface area contributed by atoms with E-state index in [0.29, 0.717) is 22.9 Å². The van der Waals surface area contributed by atoms with Gasteiger partial charge >= 0.3 is 11.8 Å². The molecule has 0 radical (unpaired) electrons. The van der Waals surface area contributed by atoms with Crippen LogP contribution in [0.4, 0.5) is 5.69 Å². The summed E-state index contributed by atoms with van der Waals surface area (Å²) in [5, 5.41) is 5.06. The van der Waals surface area contributed by atoms with E-state index in [0.717, 1.165) is 4.88 Å². The summed E-state index contributed by atoms with van der Waals surface area (Å²) in [7, 11) is 0. The number of hydrogen-bond donors (Lipinski definition) is 2. The first kappa shape index (κ1) is 19.4. The maximum atomic E-state index is 12.2. The van der Waals surface area contributed by atoms with E-state index in [1.54, 1.807) is 48.5 Å². The number of anilines is 1. The second kappa shape index (κ2) is 9.01. The molecule has 0 aliphatic heterocycles. The molecule has 144 valence electrons. The lowest BCUT2D eigenvalue weighted by molar-refractivity contribution is -0.136. The van der Waals surface area contributed by atoms with Crippen molar-refractivity contribution >= 4 is 34.6 Å². The average molecular weight is 398 g/mol. The highest BCUT2D eigenvalue weighted by Crippen LogP contribution is 2.20. The predicted molar refractivity (Wildman–Crippen MR) is 105 cm³/mol. The number of benzene rings is 1. The average Bonchev–Trinajstić information content (AvgIpc) is 3.39. The molecule has 0 aliphatic rings. The van der Waals surface area contributed by atoms with Crippen molar-refractivity contribution in [2.75, 3.05) is 11.9 Å². The van der Waals surface area contributed by atoms with Crippen molar-refractivity contribution in [3.63, 3.8) is 0 Å². The van der Waals surface area contributed by atoms with Crippen molar-refractivity contribution in [2.24, 2.45) is 0 Å². The fourth-order valence-electron chi connectivity index (χ4n) is 2.36. The summed E-state index contributed by atoms with van der Waals surface area (Å²) < 4.78 is 10.4. The summed E-state index contributed by atoms with van der Waals surface area (Å²) in [6, 6.07) is 13.4. The molecule has 0 bridgehead atoms. The van der Waals surface area contributed by atoms with Crippen molar-refractivity contribution in [2.45, 2.75) is 13.5 Å². The molecule has 3 aromatic rings. The molecular formula is C20H18N2O5S. The number of carbonyl (C=O) groups is 3. The number of thiophene rings is 1. The standard InChI is InChI=1S/C20H18N2O5S/c1-2-26-14-7-5-13(6-8-14)22-20(25)19(24)21-12-15-9-10-17(28-15)18(23)16-4-3-11-27-16/h3-11H,2,12H2,1H3,(H,21,24)(H,22,25). The third-order valence-electron chi connectivity index (χ3n) is 3.68. The lowest BCUT2D eigenvalue weighted by Gasteiger charge is -2.07. The summed E-state index contributed by atoms with van der Waals surface area (Å²) in [5.41, 5.74) is 0.492. The van der Waals surface area contributed by atoms with Gasteiger partial charge in [-0.3, -0.25) is 14.4 Å². The minimum atomic E-state index is -0.771. The highest BCUT2D eigenvalue weighted by atomic mass is 32.1. The topological polar surface area (TPSA) is 97.6 Å². The summed E-state index contributed by atoms with van der Waals surface area (Å²) in [5.74, 6) is -0.815. The van der Waals surface area contributed by atoms with Crippen LogP contribution in [0, 0.1) is 0 Å². The molecule has 0 fully saturated rings. The number of ether oxygens (including phenoxy) is 1. The highest BCUT2D eigenvalue weighted by Gasteiger charge is 2.16. The Labute approximate surface area is 165 Å². The molecule has 2 N–H and O–H groups in total. The maximum absolute atomic E-state index is 12.2. The molecule has 0 aliphatic carbocycles. The van der Waals surface area contributed by atoms with Gasteiger partial charge in [0.1, 0.15) is 5.75 Å². The van der Waals surface area contributed by atoms with E-state index < -0.39 is 11.8 Å². The van der Waals surface area contributed by atoms with Gasteiger partial charge in [0.05, 0.1) is 24.3 Å². The van der Waals surface area contributed by atoms with Gasteiger partial charge in [-0.25, -0.2) is 0 Å². The zero-order valence-electron chi connectivity index (χ0n) is 15.1. The van der Waals surface area contributed by atoms with E-state index in [2.05, 4.69) is 10.6 Å². The van der Waals surface area contributed by atoms with Crippen LogP contribution in [0.25, 0.3) is 0 Å². The van der Waals surface area contributed by atoms with Gasteiger partial charge in [0, 0.05) is 10.6 Å². The Balaban J connectivity index is 1.51. The SMILES string of the molecule is CCOc1ccc(NC(=O)C(=O)NCc2ccc(C(=O)c3ccco3)s2)cc1. The van der Waals surface area contributed by atoms with Crippen LogP contribution < -0.4 is 15.4 Å². The second-order valence-electron chi connectivity index (χ2n) is 5.67. The van der Waals surface area contributed by atoms with Crippen molar-refractivity contribution in [1.82, 2.24) is 5.32 Å². The van der Waals surface area contributed by atoms with E-state index in [1.165, 1.54) is 17.6 Å². The van der Waals surface area contributed by atoms with E-state index in [1.807, 2.05) is 6.92 Å². The van der Waals surface area contributed by atoms with E-state index >= 15 is 0 Å². The molecule has 2 aromatic heterocycles. The van der Waals surface area contributed by atoms with Crippen LogP contribution in [-0.4, -0.2) is 24.2 Å². The Hall–Kier alpha value is -3.39. The Morgan fingerprint density at radius 2 is 1.82 bits per heavy atom. The second-order valence-corrected chi connectivity index (χ2v) is 6.83. The first-order valence-corrected chi connectivity index (χ1v) is 9.37. The molecule has 0 saturated heterocycles. The summed E-state index contributed by atoms with van der Waals surface area (Å²) in [6.07, 6.45) is 1.44. The van der Waals surface area contributed by atoms with Crippen LogP contribution in [-0.2, 0) is 16.1 Å². The van der Waals surface area contributed by atoms with Crippen molar-refractivity contribution < 1.29 is 23.5 Å². The molecule has 7 nitrogen and oxygen atoms in total. The number of nitrogens with one attached hydrogen (secondary N) is 2. The van der Waals surface area contributed by atoms with Crippen LogP contribution in [0.1, 0.15) is 27.2 Å². The maximum Gasteiger partial charge on any atom is 0.313 e. The number of amides is 2. The van der Waals surface area contributed by atoms with Gasteiger partial charge in [0.15, 0.2) is 5.76 Å². The minimum Gasteiger partial charge on any atom is -0.494 e. The normalized spacial score (nSPS) is 10.3. The van der Waals surface area contributed by atoms with Gasteiger partial charge in [0.2, 0.25) is 5.78 Å². The van der Waals surface area contributed by atoms with Gasteiger partial charge in [-0.2, -0.15) is 0 Å². The van der Waals surface area contributed by atoms with Crippen LogP contribution >= 0.6 is 11.3 Å². The monoisotopic (exact) mass is 398 g/mol. The number of hydrogen-bond acceptors (Lipinski definition) is 6. The van der Waals surface area contributed by atoms with Gasteiger partial charge in [-0.1, -0.05) is 0 Å². The molecular weight excluding hydrogens is 380 g/mol. The molecule has 2 amide bonds. The Morgan fingerprint density at radius 3 is 2.50 bits per heavy atom. The van der Waals surface area contributed by atoms with Gasteiger partial charge < -0.3 is 19.8 Å². The number of ketones is 1. The zero-order valence-corrected chi connectivity index (χ0v) is 15.9. The zero-order chi connectivity index (χ0) is 19.9. The van der Waals surface area contributed by atoms with Crippen molar-refractivity contribution in [3.8, 4) is 5.75 Å². The minimum absolute atomic E-state index is 0.144. The molecule has 0 unspecified atom stereocenters. The largest absolute Gasteiger partial charge is 0.494 e. The quantitative estimate of drug-likeness (QED) is 0.470. The summed E-state index contributed by atoms with van der Waals surface area (Å²) in [4.78, 5) is 37.4. The fraction of sp³-hybridized carbons (Fsp3) is 0.150. The summed E-state index contributed by atoms with van der Waals surface area (Å²) >= 11 is 1.23. The third-order valence-corrected chi connectivity index (χ3v) is 4.77. The lowest BCUT2D eigenvalue weighted by atomic mass is 10.2. The first-order valence-electron chi connectivity index (χ1n) is 8.55. The third kappa shape index (κ3) is 4.86. The number of furan rings is 1. The van der Waals surface area contributed by atoms with Crippen molar-refractivity contribution in [3.05, 3.63) is 70.3 Å². The highest BCUT2D eigenvalue weighted by molar-refractivity contribution is 7.14. The number of carbonyl (C=O) groups excluding carboxylic acids is 3. The molecule has 3 rings (SSSR count). The fourth-order valence-corrected chi connectivity index (χ4v) is 3.25. The van der Waals surface area contributed by atoms with Crippen molar-refractivity contribution in [1.29, 1.82) is 0 Å². The van der Waals surface area contributed by atoms with E-state index in [-0.39, 0.29) is 18.1 Å². The van der Waals surface area contributed by atoms with Gasteiger partial charge in [-0.15, -0.1) is 11.3 Å². The Kier molecular flexibility index (Phi) is 6.23. The molecule has 8 heteroatoms. The molecule has 28 heavy (non-hydrogen) atoms. The van der Waals surface area contributed by atoms with E-state index in [9.17, 15) is 14.4 Å². The molecule has 1 aromatic carbocycles. The van der Waals surface area contributed by atoms with Crippen LogP contribution in [0.5, 0.6) is 5.75 Å². The van der Waals surface area contributed by atoms with E-state index in [4.69, 9.17) is 9.15 Å². The number of rotatable bonds is 7. The Bertz CT molecular complexity index is 961. The van der Waals surface area contributed by atoms with Gasteiger partial charge in [0.25, 0.3) is 0 Å². The first-order chi connectivity index (χ1) is 13.6. The Morgan fingerprint density at radius 1 is 1.04 bits per heavy atom. The molecule has 0 spiro atoms. The molecule has 0 saturated carbocycles. The summed E-state index contributed by atoms with van der Waals surface area (Å²) in [6.45, 7) is 2.57. The molecule has 0 atom stereocenters. The van der Waals surface area contributed by atoms with Crippen LogP contribution in [0.15, 0.2) is 59.2 Å². The molecule has 2 heterocycles. The van der Waals surface area contributed by atoms with Gasteiger partial charge in [-0.05, 0) is 55.5 Å². The van der Waals surface area contributed by atoms with Crippen LogP contribution in [0.3, 0.4) is 0 Å².